The number of hydrogen-bond acceptors (Lipinski definition) is 3. The van der Waals surface area contributed by atoms with Crippen LogP contribution in [0.4, 0.5) is 5.69 Å². The number of benzene rings is 2. The fraction of sp³-hybridized carbons (Fsp3) is 0.400. The normalized spacial score (nSPS) is 21.1. The number of fused-ring (bicyclic) bond motifs is 2. The van der Waals surface area contributed by atoms with Crippen molar-refractivity contribution in [2.45, 2.75) is 38.1 Å². The average molecular weight is 452 g/mol. The van der Waals surface area contributed by atoms with Gasteiger partial charge in [-0.1, -0.05) is 42.6 Å². The summed E-state index contributed by atoms with van der Waals surface area (Å²) in [4.78, 5) is 42.6. The van der Waals surface area contributed by atoms with Gasteiger partial charge in [-0.3, -0.25) is 14.4 Å². The molecule has 6 nitrogen and oxygen atoms in total. The molecule has 3 amide bonds. The predicted molar refractivity (Wildman–Crippen MR) is 123 cm³/mol. The summed E-state index contributed by atoms with van der Waals surface area (Å²) >= 11 is 6.00. The molecule has 7 heteroatoms. The van der Waals surface area contributed by atoms with Crippen LogP contribution in [0.15, 0.2) is 42.5 Å². The lowest BCUT2D eigenvalue weighted by molar-refractivity contribution is -0.136. The minimum Gasteiger partial charge on any atom is -0.338 e. The molecule has 1 saturated carbocycles. The standard InChI is InChI=1S/C25H26ClN3O3/c26-19-8-5-17(6-9-19)18-7-10-21-20(14-18)25(32)29-12-11-28(15-22(29)24(31)27-21)23(30)13-16-3-1-2-4-16/h5-10,14,16,22H,1-4,11-13,15H2,(H,27,31). The van der Waals surface area contributed by atoms with Crippen molar-refractivity contribution in [2.75, 3.05) is 25.0 Å². The van der Waals surface area contributed by atoms with Crippen molar-refractivity contribution in [3.63, 3.8) is 0 Å². The van der Waals surface area contributed by atoms with Gasteiger partial charge in [-0.25, -0.2) is 0 Å². The first kappa shape index (κ1) is 21.0. The maximum absolute atomic E-state index is 13.4. The van der Waals surface area contributed by atoms with E-state index in [2.05, 4.69) is 5.32 Å². The smallest absolute Gasteiger partial charge is 0.256 e. The van der Waals surface area contributed by atoms with E-state index < -0.39 is 6.04 Å². The van der Waals surface area contributed by atoms with Crippen LogP contribution in [0.25, 0.3) is 11.1 Å². The Morgan fingerprint density at radius 3 is 2.47 bits per heavy atom. The second kappa shape index (κ2) is 8.58. The molecule has 2 fully saturated rings. The number of piperazine rings is 1. The summed E-state index contributed by atoms with van der Waals surface area (Å²) in [6.07, 6.45) is 5.16. The highest BCUT2D eigenvalue weighted by Crippen LogP contribution is 2.32. The van der Waals surface area contributed by atoms with Crippen LogP contribution in [0.3, 0.4) is 0 Å². The highest BCUT2D eigenvalue weighted by Gasteiger charge is 2.40. The minimum absolute atomic E-state index is 0.101. The van der Waals surface area contributed by atoms with Gasteiger partial charge in [-0.2, -0.15) is 0 Å². The molecule has 32 heavy (non-hydrogen) atoms. The number of anilines is 1. The molecule has 1 unspecified atom stereocenters. The molecule has 0 radical (unpaired) electrons. The largest absolute Gasteiger partial charge is 0.338 e. The van der Waals surface area contributed by atoms with Gasteiger partial charge in [-0.05, 0) is 54.2 Å². The van der Waals surface area contributed by atoms with Crippen molar-refractivity contribution in [2.24, 2.45) is 5.92 Å². The van der Waals surface area contributed by atoms with E-state index in [0.717, 1.165) is 24.0 Å². The van der Waals surface area contributed by atoms with Crippen molar-refractivity contribution < 1.29 is 14.4 Å². The van der Waals surface area contributed by atoms with Gasteiger partial charge in [0.05, 0.1) is 17.8 Å². The minimum atomic E-state index is -0.671. The van der Waals surface area contributed by atoms with Crippen LogP contribution in [0.2, 0.25) is 5.02 Å². The van der Waals surface area contributed by atoms with Crippen LogP contribution < -0.4 is 5.32 Å². The summed E-state index contributed by atoms with van der Waals surface area (Å²) in [5.74, 6) is 0.140. The Hall–Kier alpha value is -2.86. The quantitative estimate of drug-likeness (QED) is 0.760. The molecule has 2 heterocycles. The van der Waals surface area contributed by atoms with Gasteiger partial charge in [0, 0.05) is 24.5 Å². The summed E-state index contributed by atoms with van der Waals surface area (Å²) in [5, 5.41) is 3.56. The number of amides is 3. The lowest BCUT2D eigenvalue weighted by atomic mass is 10.0. The second-order valence-electron chi connectivity index (χ2n) is 8.97. The summed E-state index contributed by atoms with van der Waals surface area (Å²) in [5.41, 5.74) is 2.81. The highest BCUT2D eigenvalue weighted by molar-refractivity contribution is 6.30. The highest BCUT2D eigenvalue weighted by atomic mass is 35.5. The van der Waals surface area contributed by atoms with Crippen molar-refractivity contribution in [3.05, 3.63) is 53.1 Å². The zero-order chi connectivity index (χ0) is 22.2. The van der Waals surface area contributed by atoms with Crippen LogP contribution in [0.5, 0.6) is 0 Å². The van der Waals surface area contributed by atoms with Crippen molar-refractivity contribution in [1.82, 2.24) is 9.80 Å². The number of halogens is 1. The fourth-order valence-corrected chi connectivity index (χ4v) is 5.22. The number of carbonyl (C=O) groups is 3. The molecule has 5 rings (SSSR count). The third-order valence-corrected chi connectivity index (χ3v) is 7.17. The lowest BCUT2D eigenvalue weighted by Gasteiger charge is -2.39. The Labute approximate surface area is 192 Å². The average Bonchev–Trinajstić information content (AvgIpc) is 3.28. The van der Waals surface area contributed by atoms with Gasteiger partial charge in [0.1, 0.15) is 6.04 Å². The maximum atomic E-state index is 13.4. The molecule has 0 spiro atoms. The topological polar surface area (TPSA) is 69.7 Å². The summed E-state index contributed by atoms with van der Waals surface area (Å²) in [7, 11) is 0. The Kier molecular flexibility index (Phi) is 5.64. The Bertz CT molecular complexity index is 1060. The Balaban J connectivity index is 1.37. The predicted octanol–water partition coefficient (Wildman–Crippen LogP) is 4.19. The molecule has 3 aliphatic rings. The number of carbonyl (C=O) groups excluding carboxylic acids is 3. The first-order valence-corrected chi connectivity index (χ1v) is 11.7. The molecular formula is C25H26ClN3O3. The van der Waals surface area contributed by atoms with Gasteiger partial charge in [0.15, 0.2) is 0 Å². The molecule has 2 aliphatic heterocycles. The molecule has 1 saturated heterocycles. The molecule has 0 bridgehead atoms. The molecule has 166 valence electrons. The van der Waals surface area contributed by atoms with E-state index in [4.69, 9.17) is 11.6 Å². The third-order valence-electron chi connectivity index (χ3n) is 6.92. The SMILES string of the molecule is O=C1Nc2ccc(-c3ccc(Cl)cc3)cc2C(=O)N2CCN(C(=O)CC3CCCC3)CC12. The Morgan fingerprint density at radius 1 is 1.00 bits per heavy atom. The number of hydrogen-bond donors (Lipinski definition) is 1. The van der Waals surface area contributed by atoms with Crippen LogP contribution in [0, 0.1) is 5.92 Å². The number of nitrogens with zero attached hydrogens (tertiary/aromatic N) is 2. The zero-order valence-corrected chi connectivity index (χ0v) is 18.6. The van der Waals surface area contributed by atoms with Crippen LogP contribution >= 0.6 is 11.6 Å². The summed E-state index contributed by atoms with van der Waals surface area (Å²) < 4.78 is 0. The van der Waals surface area contributed by atoms with E-state index in [1.54, 1.807) is 15.9 Å². The number of rotatable bonds is 3. The van der Waals surface area contributed by atoms with Crippen molar-refractivity contribution >= 4 is 35.0 Å². The van der Waals surface area contributed by atoms with Gasteiger partial charge in [-0.15, -0.1) is 0 Å². The molecule has 2 aromatic carbocycles. The molecular weight excluding hydrogens is 426 g/mol. The van der Waals surface area contributed by atoms with Gasteiger partial charge in [0.2, 0.25) is 11.8 Å². The second-order valence-corrected chi connectivity index (χ2v) is 9.40. The zero-order valence-electron chi connectivity index (χ0n) is 17.9. The van der Waals surface area contributed by atoms with E-state index in [0.29, 0.717) is 41.7 Å². The first-order chi connectivity index (χ1) is 15.5. The molecule has 2 aromatic rings. The lowest BCUT2D eigenvalue weighted by Crippen LogP contribution is -2.59. The van der Waals surface area contributed by atoms with Crippen molar-refractivity contribution in [3.8, 4) is 11.1 Å². The number of nitrogens with one attached hydrogen (secondary N) is 1. The Morgan fingerprint density at radius 2 is 1.72 bits per heavy atom. The van der Waals surface area contributed by atoms with Gasteiger partial charge >= 0.3 is 0 Å². The first-order valence-electron chi connectivity index (χ1n) is 11.3. The molecule has 1 N–H and O–H groups in total. The fourth-order valence-electron chi connectivity index (χ4n) is 5.09. The van der Waals surface area contributed by atoms with Gasteiger partial charge < -0.3 is 15.1 Å². The van der Waals surface area contributed by atoms with E-state index in [9.17, 15) is 14.4 Å². The monoisotopic (exact) mass is 451 g/mol. The summed E-state index contributed by atoms with van der Waals surface area (Å²) in [6, 6.07) is 12.2. The van der Waals surface area contributed by atoms with E-state index >= 15 is 0 Å². The van der Waals surface area contributed by atoms with Crippen LogP contribution in [0.1, 0.15) is 42.5 Å². The molecule has 1 atom stereocenters. The van der Waals surface area contributed by atoms with Gasteiger partial charge in [0.25, 0.3) is 5.91 Å². The molecule has 0 aromatic heterocycles. The maximum Gasteiger partial charge on any atom is 0.256 e. The van der Waals surface area contributed by atoms with E-state index in [1.165, 1.54) is 12.8 Å². The summed E-state index contributed by atoms with van der Waals surface area (Å²) in [6.45, 7) is 1.08. The van der Waals surface area contributed by atoms with Crippen LogP contribution in [-0.2, 0) is 9.59 Å². The van der Waals surface area contributed by atoms with E-state index in [1.807, 2.05) is 36.4 Å². The van der Waals surface area contributed by atoms with E-state index in [-0.39, 0.29) is 24.3 Å². The molecule has 1 aliphatic carbocycles. The third kappa shape index (κ3) is 3.99. The van der Waals surface area contributed by atoms with Crippen molar-refractivity contribution in [1.29, 1.82) is 0 Å². The van der Waals surface area contributed by atoms with Crippen LogP contribution in [-0.4, -0.2) is 53.2 Å².